The summed E-state index contributed by atoms with van der Waals surface area (Å²) >= 11 is 0. The maximum absolute atomic E-state index is 12.8. The second-order valence-corrected chi connectivity index (χ2v) is 8.24. The van der Waals surface area contributed by atoms with Gasteiger partial charge in [-0.3, -0.25) is 18.7 Å². The number of carbonyl (C=O) groups excluding carboxylic acids is 1. The fourth-order valence-corrected chi connectivity index (χ4v) is 4.13. The molecule has 0 unspecified atom stereocenters. The molecule has 2 aromatic heterocycles. The van der Waals surface area contributed by atoms with Gasteiger partial charge in [0.2, 0.25) is 5.91 Å². The third-order valence-corrected chi connectivity index (χ3v) is 5.89. The van der Waals surface area contributed by atoms with Gasteiger partial charge < -0.3 is 5.32 Å². The van der Waals surface area contributed by atoms with E-state index in [1.807, 2.05) is 13.8 Å². The van der Waals surface area contributed by atoms with E-state index in [1.54, 1.807) is 13.2 Å². The minimum atomic E-state index is -0.435. The number of nitrogens with zero attached hydrogens (tertiary/aromatic N) is 3. The van der Waals surface area contributed by atoms with Gasteiger partial charge in [-0.05, 0) is 23.8 Å². The fourth-order valence-electron chi connectivity index (χ4n) is 4.13. The van der Waals surface area contributed by atoms with E-state index in [2.05, 4.69) is 10.3 Å². The lowest BCUT2D eigenvalue weighted by Gasteiger charge is -2.21. The third-order valence-electron chi connectivity index (χ3n) is 5.89. The SMILES string of the molecule is CC(C)c1cnc2c(c1NC(=O)CCC1CCCCC1)c(=O)n(C)c(=O)n2C. The number of nitrogens with one attached hydrogen (secondary N) is 1. The first kappa shape index (κ1) is 20.3. The standard InChI is InChI=1S/C21H30N4O3/c1-13(2)15-12-22-19-17(20(27)25(4)21(28)24(19)3)18(15)23-16(26)11-10-14-8-6-5-7-9-14/h12-14H,5-11H2,1-4H3,(H,22,23,26). The van der Waals surface area contributed by atoms with Gasteiger partial charge in [0, 0.05) is 26.7 Å². The minimum Gasteiger partial charge on any atom is -0.325 e. The van der Waals surface area contributed by atoms with Gasteiger partial charge in [-0.15, -0.1) is 0 Å². The molecule has 0 atom stereocenters. The number of pyridine rings is 1. The van der Waals surface area contributed by atoms with Crippen molar-refractivity contribution < 1.29 is 4.79 Å². The fraction of sp³-hybridized carbons (Fsp3) is 0.619. The largest absolute Gasteiger partial charge is 0.332 e. The zero-order valence-corrected chi connectivity index (χ0v) is 17.2. The highest BCUT2D eigenvalue weighted by Gasteiger charge is 2.21. The number of aryl methyl sites for hydroxylation is 1. The lowest BCUT2D eigenvalue weighted by atomic mass is 9.86. The Morgan fingerprint density at radius 3 is 2.50 bits per heavy atom. The first-order chi connectivity index (χ1) is 13.3. The lowest BCUT2D eigenvalue weighted by molar-refractivity contribution is -0.116. The van der Waals surface area contributed by atoms with Gasteiger partial charge in [0.05, 0.1) is 5.69 Å². The summed E-state index contributed by atoms with van der Waals surface area (Å²) in [6, 6.07) is 0. The van der Waals surface area contributed by atoms with E-state index in [4.69, 9.17) is 0 Å². The monoisotopic (exact) mass is 386 g/mol. The molecule has 1 saturated carbocycles. The second-order valence-electron chi connectivity index (χ2n) is 8.24. The van der Waals surface area contributed by atoms with Crippen LogP contribution in [-0.4, -0.2) is 20.0 Å². The van der Waals surface area contributed by atoms with Crippen LogP contribution in [0.25, 0.3) is 11.0 Å². The highest BCUT2D eigenvalue weighted by atomic mass is 16.2. The molecule has 0 bridgehead atoms. The average molecular weight is 386 g/mol. The average Bonchev–Trinajstić information content (AvgIpc) is 2.69. The Morgan fingerprint density at radius 2 is 1.86 bits per heavy atom. The van der Waals surface area contributed by atoms with Crippen molar-refractivity contribution in [2.24, 2.45) is 20.0 Å². The molecule has 2 aromatic rings. The molecule has 28 heavy (non-hydrogen) atoms. The van der Waals surface area contributed by atoms with E-state index in [0.717, 1.165) is 16.6 Å². The topological polar surface area (TPSA) is 86.0 Å². The Morgan fingerprint density at radius 1 is 1.18 bits per heavy atom. The number of carbonyl (C=O) groups is 1. The number of anilines is 1. The van der Waals surface area contributed by atoms with Gasteiger partial charge in [-0.25, -0.2) is 9.78 Å². The van der Waals surface area contributed by atoms with Gasteiger partial charge in [0.25, 0.3) is 5.56 Å². The summed E-state index contributed by atoms with van der Waals surface area (Å²) in [6.07, 6.45) is 9.18. The Balaban J connectivity index is 1.98. The van der Waals surface area contributed by atoms with E-state index >= 15 is 0 Å². The number of rotatable bonds is 5. The van der Waals surface area contributed by atoms with Gasteiger partial charge in [0.1, 0.15) is 5.39 Å². The zero-order valence-electron chi connectivity index (χ0n) is 17.2. The Kier molecular flexibility index (Phi) is 6.01. The molecule has 1 aliphatic carbocycles. The summed E-state index contributed by atoms with van der Waals surface area (Å²) in [7, 11) is 3.03. The molecule has 0 aromatic carbocycles. The molecule has 0 spiro atoms. The highest BCUT2D eigenvalue weighted by Crippen LogP contribution is 2.30. The molecule has 1 N–H and O–H groups in total. The van der Waals surface area contributed by atoms with Crippen LogP contribution >= 0.6 is 0 Å². The summed E-state index contributed by atoms with van der Waals surface area (Å²) in [4.78, 5) is 42.1. The first-order valence-electron chi connectivity index (χ1n) is 10.2. The van der Waals surface area contributed by atoms with E-state index in [9.17, 15) is 14.4 Å². The van der Waals surface area contributed by atoms with E-state index in [1.165, 1.54) is 43.7 Å². The van der Waals surface area contributed by atoms with E-state index < -0.39 is 11.2 Å². The number of hydrogen-bond acceptors (Lipinski definition) is 4. The van der Waals surface area contributed by atoms with Crippen molar-refractivity contribution >= 4 is 22.6 Å². The van der Waals surface area contributed by atoms with Crippen LogP contribution < -0.4 is 16.6 Å². The molecule has 1 amide bonds. The molecule has 0 aliphatic heterocycles. The molecule has 0 saturated heterocycles. The van der Waals surface area contributed by atoms with Crippen molar-refractivity contribution in [3.8, 4) is 0 Å². The molecule has 152 valence electrons. The predicted molar refractivity (Wildman–Crippen MR) is 111 cm³/mol. The minimum absolute atomic E-state index is 0.0764. The first-order valence-corrected chi connectivity index (χ1v) is 10.2. The van der Waals surface area contributed by atoms with Crippen LogP contribution in [0.4, 0.5) is 5.69 Å². The van der Waals surface area contributed by atoms with Gasteiger partial charge in [-0.1, -0.05) is 46.0 Å². The molecule has 3 rings (SSSR count). The van der Waals surface area contributed by atoms with Crippen molar-refractivity contribution in [1.82, 2.24) is 14.1 Å². The van der Waals surface area contributed by atoms with Crippen molar-refractivity contribution in [3.05, 3.63) is 32.6 Å². The summed E-state index contributed by atoms with van der Waals surface area (Å²) in [5.41, 5.74) is 0.715. The molecule has 7 nitrogen and oxygen atoms in total. The highest BCUT2D eigenvalue weighted by molar-refractivity contribution is 6.01. The normalized spacial score (nSPS) is 15.3. The Bertz CT molecular complexity index is 997. The Labute approximate surface area is 164 Å². The van der Waals surface area contributed by atoms with Crippen LogP contribution in [0.1, 0.15) is 70.3 Å². The number of fused-ring (bicyclic) bond motifs is 1. The van der Waals surface area contributed by atoms with Crippen LogP contribution in [0.15, 0.2) is 15.8 Å². The molecule has 0 radical (unpaired) electrons. The van der Waals surface area contributed by atoms with Gasteiger partial charge >= 0.3 is 5.69 Å². The van der Waals surface area contributed by atoms with Gasteiger partial charge in [0.15, 0.2) is 5.65 Å². The second kappa shape index (κ2) is 8.29. The quantitative estimate of drug-likeness (QED) is 0.856. The number of amides is 1. The molecular formula is C21H30N4O3. The molecule has 7 heteroatoms. The van der Waals surface area contributed by atoms with Crippen LogP contribution in [0.3, 0.4) is 0 Å². The molecular weight excluding hydrogens is 356 g/mol. The predicted octanol–water partition coefficient (Wildman–Crippen LogP) is 3.05. The molecule has 1 fully saturated rings. The van der Waals surface area contributed by atoms with Crippen molar-refractivity contribution in [3.63, 3.8) is 0 Å². The van der Waals surface area contributed by atoms with Crippen molar-refractivity contribution in [1.29, 1.82) is 0 Å². The zero-order chi connectivity index (χ0) is 20.4. The van der Waals surface area contributed by atoms with Crippen LogP contribution in [0.5, 0.6) is 0 Å². The summed E-state index contributed by atoms with van der Waals surface area (Å²) in [5.74, 6) is 0.607. The van der Waals surface area contributed by atoms with Crippen LogP contribution in [0, 0.1) is 5.92 Å². The van der Waals surface area contributed by atoms with E-state index in [0.29, 0.717) is 29.1 Å². The van der Waals surface area contributed by atoms with Gasteiger partial charge in [-0.2, -0.15) is 0 Å². The van der Waals surface area contributed by atoms with E-state index in [-0.39, 0.29) is 11.8 Å². The van der Waals surface area contributed by atoms with Crippen LogP contribution in [0.2, 0.25) is 0 Å². The van der Waals surface area contributed by atoms with Crippen LogP contribution in [-0.2, 0) is 18.9 Å². The maximum Gasteiger partial charge on any atom is 0.332 e. The maximum atomic E-state index is 12.8. The Hall–Kier alpha value is -2.44. The summed E-state index contributed by atoms with van der Waals surface area (Å²) in [5, 5.41) is 3.27. The molecule has 1 aliphatic rings. The summed E-state index contributed by atoms with van der Waals surface area (Å²) < 4.78 is 2.41. The third kappa shape index (κ3) is 3.88. The lowest BCUT2D eigenvalue weighted by Crippen LogP contribution is -2.38. The smallest absolute Gasteiger partial charge is 0.325 e. The molecule has 2 heterocycles. The van der Waals surface area contributed by atoms with Crippen molar-refractivity contribution in [2.45, 2.75) is 64.7 Å². The number of aromatic nitrogens is 3. The number of hydrogen-bond donors (Lipinski definition) is 1. The summed E-state index contributed by atoms with van der Waals surface area (Å²) in [6.45, 7) is 3.99. The van der Waals surface area contributed by atoms with Crippen molar-refractivity contribution in [2.75, 3.05) is 5.32 Å².